The molecule has 0 radical (unpaired) electrons. The van der Waals surface area contributed by atoms with Gasteiger partial charge in [-0.3, -0.25) is 4.79 Å². The number of nitrogen functional groups attached to an aromatic ring is 1. The van der Waals surface area contributed by atoms with E-state index in [-0.39, 0.29) is 5.97 Å². The van der Waals surface area contributed by atoms with Gasteiger partial charge in [0.1, 0.15) is 0 Å². The normalized spacial score (nSPS) is 13.7. The lowest BCUT2D eigenvalue weighted by Gasteiger charge is -2.17. The standard InChI is InChI=1S/C16H20N2O2/c1-3-20-15(19)9-13-10(2)18-6-4-5-11-7-12(17)8-14(13)16(11)18/h7-8H,3-6,9,17H2,1-2H3. The van der Waals surface area contributed by atoms with E-state index in [1.54, 1.807) is 0 Å². The fourth-order valence-electron chi connectivity index (χ4n) is 3.27. The molecule has 1 aromatic carbocycles. The van der Waals surface area contributed by atoms with Gasteiger partial charge in [0.15, 0.2) is 0 Å². The van der Waals surface area contributed by atoms with Crippen molar-refractivity contribution in [1.29, 1.82) is 0 Å². The van der Waals surface area contributed by atoms with Gasteiger partial charge in [0.25, 0.3) is 0 Å². The van der Waals surface area contributed by atoms with Crippen LogP contribution in [0.4, 0.5) is 5.69 Å². The average molecular weight is 272 g/mol. The number of benzene rings is 1. The van der Waals surface area contributed by atoms with Crippen LogP contribution in [0.15, 0.2) is 12.1 Å². The highest BCUT2D eigenvalue weighted by Crippen LogP contribution is 2.34. The van der Waals surface area contributed by atoms with Crippen molar-refractivity contribution in [3.63, 3.8) is 0 Å². The Kier molecular flexibility index (Phi) is 3.16. The molecule has 0 bridgehead atoms. The molecule has 0 unspecified atom stereocenters. The minimum Gasteiger partial charge on any atom is -0.466 e. The predicted octanol–water partition coefficient (Wildman–Crippen LogP) is 2.58. The van der Waals surface area contributed by atoms with E-state index in [0.717, 1.165) is 36.0 Å². The van der Waals surface area contributed by atoms with Crippen LogP contribution < -0.4 is 5.73 Å². The molecule has 106 valence electrons. The monoisotopic (exact) mass is 272 g/mol. The first kappa shape index (κ1) is 13.0. The summed E-state index contributed by atoms with van der Waals surface area (Å²) in [6.45, 7) is 5.35. The Balaban J connectivity index is 2.17. The minimum atomic E-state index is -0.169. The van der Waals surface area contributed by atoms with Gasteiger partial charge in [-0.05, 0) is 49.9 Å². The summed E-state index contributed by atoms with van der Waals surface area (Å²) in [5.74, 6) is -0.169. The minimum absolute atomic E-state index is 0.169. The molecule has 2 heterocycles. The summed E-state index contributed by atoms with van der Waals surface area (Å²) in [6.07, 6.45) is 2.51. The van der Waals surface area contributed by atoms with Crippen LogP contribution >= 0.6 is 0 Å². The number of carbonyl (C=O) groups excluding carboxylic acids is 1. The summed E-state index contributed by atoms with van der Waals surface area (Å²) in [4.78, 5) is 11.8. The molecule has 1 aliphatic rings. The fraction of sp³-hybridized carbons (Fsp3) is 0.438. The zero-order chi connectivity index (χ0) is 14.3. The zero-order valence-electron chi connectivity index (χ0n) is 12.0. The quantitative estimate of drug-likeness (QED) is 0.690. The van der Waals surface area contributed by atoms with Crippen LogP contribution in [0.2, 0.25) is 0 Å². The summed E-state index contributed by atoms with van der Waals surface area (Å²) in [5.41, 5.74) is 11.6. The molecule has 1 aliphatic heterocycles. The van der Waals surface area contributed by atoms with Gasteiger partial charge in [-0.25, -0.2) is 0 Å². The molecular weight excluding hydrogens is 252 g/mol. The molecule has 0 atom stereocenters. The van der Waals surface area contributed by atoms with Crippen molar-refractivity contribution in [2.45, 2.75) is 39.7 Å². The van der Waals surface area contributed by atoms with Crippen LogP contribution in [0.3, 0.4) is 0 Å². The van der Waals surface area contributed by atoms with Crippen LogP contribution in [-0.2, 0) is 28.9 Å². The molecule has 2 N–H and O–H groups in total. The van der Waals surface area contributed by atoms with E-state index >= 15 is 0 Å². The first-order valence-corrected chi connectivity index (χ1v) is 7.17. The third kappa shape index (κ3) is 1.96. The van der Waals surface area contributed by atoms with Crippen molar-refractivity contribution in [3.8, 4) is 0 Å². The van der Waals surface area contributed by atoms with Crippen LogP contribution in [-0.4, -0.2) is 17.1 Å². The zero-order valence-corrected chi connectivity index (χ0v) is 12.0. The van der Waals surface area contributed by atoms with Gasteiger partial charge in [-0.2, -0.15) is 0 Å². The maximum Gasteiger partial charge on any atom is 0.310 e. The fourth-order valence-corrected chi connectivity index (χ4v) is 3.27. The van der Waals surface area contributed by atoms with E-state index in [4.69, 9.17) is 10.5 Å². The van der Waals surface area contributed by atoms with Crippen LogP contribution in [0.25, 0.3) is 10.9 Å². The number of anilines is 1. The van der Waals surface area contributed by atoms with E-state index in [2.05, 4.69) is 17.6 Å². The molecule has 4 heteroatoms. The van der Waals surface area contributed by atoms with Gasteiger partial charge in [0, 0.05) is 23.3 Å². The lowest BCUT2D eigenvalue weighted by atomic mass is 10.0. The van der Waals surface area contributed by atoms with Gasteiger partial charge in [-0.15, -0.1) is 0 Å². The van der Waals surface area contributed by atoms with Gasteiger partial charge in [0.2, 0.25) is 0 Å². The third-order valence-corrected chi connectivity index (χ3v) is 4.10. The molecule has 0 fully saturated rings. The number of carbonyl (C=O) groups is 1. The van der Waals surface area contributed by atoms with E-state index in [1.807, 2.05) is 13.0 Å². The Labute approximate surface area is 118 Å². The molecule has 0 saturated heterocycles. The summed E-state index contributed by atoms with van der Waals surface area (Å²) < 4.78 is 7.41. The van der Waals surface area contributed by atoms with Crippen molar-refractivity contribution in [2.75, 3.05) is 12.3 Å². The number of hydrogen-bond acceptors (Lipinski definition) is 3. The summed E-state index contributed by atoms with van der Waals surface area (Å²) >= 11 is 0. The first-order chi connectivity index (χ1) is 9.61. The maximum absolute atomic E-state index is 11.8. The highest BCUT2D eigenvalue weighted by atomic mass is 16.5. The van der Waals surface area contributed by atoms with Crippen molar-refractivity contribution in [1.82, 2.24) is 4.57 Å². The van der Waals surface area contributed by atoms with E-state index in [9.17, 15) is 4.79 Å². The summed E-state index contributed by atoms with van der Waals surface area (Å²) in [7, 11) is 0. The molecule has 0 amide bonds. The Morgan fingerprint density at radius 1 is 1.45 bits per heavy atom. The maximum atomic E-state index is 11.8. The molecule has 0 aliphatic carbocycles. The topological polar surface area (TPSA) is 57.2 Å². The van der Waals surface area contributed by atoms with Crippen molar-refractivity contribution in [2.24, 2.45) is 0 Å². The first-order valence-electron chi connectivity index (χ1n) is 7.17. The average Bonchev–Trinajstić information content (AvgIpc) is 2.66. The second-order valence-corrected chi connectivity index (χ2v) is 5.38. The Morgan fingerprint density at radius 3 is 3.00 bits per heavy atom. The Bertz CT molecular complexity index is 686. The number of esters is 1. The van der Waals surface area contributed by atoms with Crippen molar-refractivity contribution < 1.29 is 9.53 Å². The lowest BCUT2D eigenvalue weighted by molar-refractivity contribution is -0.142. The van der Waals surface area contributed by atoms with Crippen LogP contribution in [0.5, 0.6) is 0 Å². The largest absolute Gasteiger partial charge is 0.466 e. The van der Waals surface area contributed by atoms with Gasteiger partial charge >= 0.3 is 5.97 Å². The van der Waals surface area contributed by atoms with E-state index in [0.29, 0.717) is 13.0 Å². The second-order valence-electron chi connectivity index (χ2n) is 5.38. The van der Waals surface area contributed by atoms with Crippen molar-refractivity contribution >= 4 is 22.6 Å². The third-order valence-electron chi connectivity index (χ3n) is 4.10. The van der Waals surface area contributed by atoms with Gasteiger partial charge in [-0.1, -0.05) is 0 Å². The predicted molar refractivity (Wildman–Crippen MR) is 79.7 cm³/mol. The number of aryl methyl sites for hydroxylation is 2. The highest BCUT2D eigenvalue weighted by molar-refractivity contribution is 5.93. The van der Waals surface area contributed by atoms with E-state index < -0.39 is 0 Å². The van der Waals surface area contributed by atoms with Crippen molar-refractivity contribution in [3.05, 3.63) is 29.0 Å². The van der Waals surface area contributed by atoms with Gasteiger partial charge < -0.3 is 15.0 Å². The second kappa shape index (κ2) is 4.85. The lowest BCUT2D eigenvalue weighted by Crippen LogP contribution is -2.10. The molecule has 3 rings (SSSR count). The molecule has 20 heavy (non-hydrogen) atoms. The number of ether oxygens (including phenoxy) is 1. The Hall–Kier alpha value is -1.97. The Morgan fingerprint density at radius 2 is 2.25 bits per heavy atom. The molecule has 0 saturated carbocycles. The number of rotatable bonds is 3. The number of aromatic nitrogens is 1. The molecular formula is C16H20N2O2. The van der Waals surface area contributed by atoms with Gasteiger partial charge in [0.05, 0.1) is 18.5 Å². The highest BCUT2D eigenvalue weighted by Gasteiger charge is 2.22. The SMILES string of the molecule is CCOC(=O)Cc1c(C)n2c3c(cc(N)cc13)CCC2. The smallest absolute Gasteiger partial charge is 0.310 e. The van der Waals surface area contributed by atoms with Crippen LogP contribution in [0.1, 0.15) is 30.2 Å². The molecule has 2 aromatic rings. The molecule has 4 nitrogen and oxygen atoms in total. The van der Waals surface area contributed by atoms with E-state index in [1.165, 1.54) is 16.8 Å². The van der Waals surface area contributed by atoms with Crippen LogP contribution in [0, 0.1) is 6.92 Å². The number of hydrogen-bond donors (Lipinski definition) is 1. The molecule has 1 aromatic heterocycles. The number of nitrogens with two attached hydrogens (primary N) is 1. The molecule has 0 spiro atoms. The summed E-state index contributed by atoms with van der Waals surface area (Å²) in [5, 5.41) is 1.12. The summed E-state index contributed by atoms with van der Waals surface area (Å²) in [6, 6.07) is 4.05. The number of nitrogens with zero attached hydrogens (tertiary/aromatic N) is 1.